The zero-order valence-corrected chi connectivity index (χ0v) is 19.5. The number of hydrogen-bond acceptors (Lipinski definition) is 0. The molecule has 0 fully saturated rings. The van der Waals surface area contributed by atoms with Crippen molar-refractivity contribution in [2.45, 2.75) is 0 Å². The van der Waals surface area contributed by atoms with Crippen molar-refractivity contribution in [2.75, 3.05) is 0 Å². The van der Waals surface area contributed by atoms with Crippen LogP contribution in [-0.4, -0.2) is 33.7 Å². The van der Waals surface area contributed by atoms with E-state index < -0.39 is 6.63 Å². The molecule has 0 nitrogen and oxygen atoms in total. The molecule has 0 spiro atoms. The molecule has 0 aliphatic rings. The van der Waals surface area contributed by atoms with E-state index in [9.17, 15) is 0 Å². The molecule has 0 heterocycles. The highest BCUT2D eigenvalue weighted by Crippen LogP contribution is 2.03. The van der Waals surface area contributed by atoms with Gasteiger partial charge in [-0.05, 0) is 0 Å². The van der Waals surface area contributed by atoms with E-state index in [2.05, 4.69) is 121 Å². The van der Waals surface area contributed by atoms with Crippen LogP contribution in [0.1, 0.15) is 0 Å². The van der Waals surface area contributed by atoms with Crippen LogP contribution in [0.4, 0.5) is 0 Å². The van der Waals surface area contributed by atoms with Gasteiger partial charge in [-0.1, -0.05) is 142 Å². The highest BCUT2D eigenvalue weighted by Gasteiger charge is 2.37. The van der Waals surface area contributed by atoms with Gasteiger partial charge in [-0.2, -0.15) is 0 Å². The summed E-state index contributed by atoms with van der Waals surface area (Å²) >= 11 is 0. The Labute approximate surface area is 175 Å². The molecule has 0 saturated heterocycles. The Kier molecular flexibility index (Phi) is 6.33. The Hall–Kier alpha value is -2.25. The average Bonchev–Trinajstić information content (AvgIpc) is 2.76. The molecule has 0 atom stereocenters. The lowest BCUT2D eigenvalue weighted by Gasteiger charge is -2.31. The fraction of sp³-hybridized carbons (Fsp3) is 0. The normalized spacial score (nSPS) is 11.3. The van der Waals surface area contributed by atoms with Gasteiger partial charge in [0.2, 0.25) is 0 Å². The Morgan fingerprint density at radius 1 is 0.357 bits per heavy atom. The molecule has 0 unspecified atom stereocenters. The predicted molar refractivity (Wildman–Crippen MR) is 127 cm³/mol. The molecule has 4 rings (SSSR count). The maximum Gasteiger partial charge on any atom is 0.0711 e. The van der Waals surface area contributed by atoms with E-state index in [0.717, 1.165) is 27.1 Å². The number of benzene rings is 4. The third-order valence-electron chi connectivity index (χ3n) is 4.52. The van der Waals surface area contributed by atoms with Crippen LogP contribution in [-0.2, 0) is 0 Å². The maximum absolute atomic E-state index is 2.38. The summed E-state index contributed by atoms with van der Waals surface area (Å²) in [5.74, 6) is 0. The molecule has 0 N–H and O–H groups in total. The lowest BCUT2D eigenvalue weighted by atomic mass is 10.4. The monoisotopic (exact) mass is 420 g/mol. The third kappa shape index (κ3) is 4.77. The summed E-state index contributed by atoms with van der Waals surface area (Å²) < 4.78 is 0. The van der Waals surface area contributed by atoms with E-state index in [1.54, 1.807) is 5.19 Å². The van der Waals surface area contributed by atoms with Gasteiger partial charge in [0.15, 0.2) is 0 Å². The Balaban J connectivity index is 1.82. The van der Waals surface area contributed by atoms with E-state index >= 15 is 0 Å². The van der Waals surface area contributed by atoms with Gasteiger partial charge in [-0.3, -0.25) is 0 Å². The van der Waals surface area contributed by atoms with Crippen molar-refractivity contribution < 1.29 is 0 Å². The fourth-order valence-corrected chi connectivity index (χ4v) is 25.1. The molecule has 0 amide bonds. The highest BCUT2D eigenvalue weighted by molar-refractivity contribution is 7.78. The van der Waals surface area contributed by atoms with Gasteiger partial charge >= 0.3 is 0 Å². The van der Waals surface area contributed by atoms with Crippen LogP contribution in [0.3, 0.4) is 0 Å². The number of hydrogen-bond donors (Lipinski definition) is 0. The standard InChI is InChI=1S/C24H20Si4/c1-5-13-21(14-6-1)25-28(24-19-11-4-12-20-24,26-22-15-7-2-8-16-22)27-23-17-9-3-10-18-23/h1-20H. The summed E-state index contributed by atoms with van der Waals surface area (Å²) in [5.41, 5.74) is 0. The predicted octanol–water partition coefficient (Wildman–Crippen LogP) is 1.92. The van der Waals surface area contributed by atoms with E-state index in [4.69, 9.17) is 0 Å². The number of rotatable bonds is 7. The van der Waals surface area contributed by atoms with Gasteiger partial charge in [0.05, 0.1) is 33.7 Å². The first-order chi connectivity index (χ1) is 13.8. The topological polar surface area (TPSA) is 0 Å². The molecule has 4 aromatic rings. The van der Waals surface area contributed by atoms with Crippen molar-refractivity contribution in [1.29, 1.82) is 0 Å². The van der Waals surface area contributed by atoms with Crippen molar-refractivity contribution in [3.63, 3.8) is 0 Å². The zero-order chi connectivity index (χ0) is 19.1. The average molecular weight is 421 g/mol. The summed E-state index contributed by atoms with van der Waals surface area (Å²) in [6.45, 7) is -1.81. The molecule has 4 heteroatoms. The molecule has 0 saturated carbocycles. The summed E-state index contributed by atoms with van der Waals surface area (Å²) in [6, 6.07) is 44.7. The van der Waals surface area contributed by atoms with Gasteiger partial charge < -0.3 is 0 Å². The molecule has 28 heavy (non-hydrogen) atoms. The van der Waals surface area contributed by atoms with Crippen molar-refractivity contribution >= 4 is 54.5 Å². The first-order valence-corrected chi connectivity index (χ1v) is 17.4. The van der Waals surface area contributed by atoms with Gasteiger partial charge in [-0.15, -0.1) is 0 Å². The van der Waals surface area contributed by atoms with Crippen LogP contribution in [0.2, 0.25) is 0 Å². The van der Waals surface area contributed by atoms with Crippen molar-refractivity contribution in [3.05, 3.63) is 121 Å². The molecule has 0 aliphatic carbocycles. The zero-order valence-electron chi connectivity index (χ0n) is 15.5. The Bertz CT molecular complexity index is 873. The summed E-state index contributed by atoms with van der Waals surface area (Å²) in [6.07, 6.45) is 0. The molecular weight excluding hydrogens is 401 g/mol. The fourth-order valence-electron chi connectivity index (χ4n) is 3.21. The second kappa shape index (κ2) is 9.30. The quantitative estimate of drug-likeness (QED) is 0.401. The van der Waals surface area contributed by atoms with Crippen LogP contribution in [0, 0.1) is 0 Å². The molecule has 0 aromatic heterocycles. The van der Waals surface area contributed by atoms with Gasteiger partial charge in [-0.25, -0.2) is 0 Å². The largest absolute Gasteiger partial charge is 0.0711 e. The second-order valence-electron chi connectivity index (χ2n) is 6.59. The van der Waals surface area contributed by atoms with E-state index in [0.29, 0.717) is 0 Å². The van der Waals surface area contributed by atoms with Gasteiger partial charge in [0.1, 0.15) is 0 Å². The minimum atomic E-state index is -1.81. The molecule has 132 valence electrons. The third-order valence-corrected chi connectivity index (χ3v) is 24.0. The molecule has 0 bridgehead atoms. The van der Waals surface area contributed by atoms with Crippen LogP contribution < -0.4 is 20.7 Å². The summed E-state index contributed by atoms with van der Waals surface area (Å²) in [5, 5.41) is 6.06. The molecule has 6 radical (unpaired) electrons. The van der Waals surface area contributed by atoms with Gasteiger partial charge in [0.25, 0.3) is 0 Å². The van der Waals surface area contributed by atoms with E-state index in [-0.39, 0.29) is 0 Å². The summed E-state index contributed by atoms with van der Waals surface area (Å²) in [4.78, 5) is 0. The van der Waals surface area contributed by atoms with Crippen molar-refractivity contribution in [1.82, 2.24) is 0 Å². The van der Waals surface area contributed by atoms with Crippen LogP contribution in [0.5, 0.6) is 0 Å². The van der Waals surface area contributed by atoms with Crippen LogP contribution >= 0.6 is 0 Å². The SMILES string of the molecule is c1ccc([Si][Si]([Si]c2ccccc2)([Si]c2ccccc2)c2ccccc2)cc1. The van der Waals surface area contributed by atoms with E-state index in [1.807, 2.05) is 0 Å². The van der Waals surface area contributed by atoms with Crippen molar-refractivity contribution in [3.8, 4) is 0 Å². The van der Waals surface area contributed by atoms with Gasteiger partial charge in [0, 0.05) is 0 Å². The smallest absolute Gasteiger partial charge is 0.0674 e. The molecular formula is C24H20Si4. The maximum atomic E-state index is 2.38. The van der Waals surface area contributed by atoms with Crippen LogP contribution in [0.15, 0.2) is 121 Å². The first kappa shape index (κ1) is 19.1. The van der Waals surface area contributed by atoms with E-state index in [1.165, 1.54) is 15.6 Å². The minimum absolute atomic E-state index is 0.858. The van der Waals surface area contributed by atoms with Crippen molar-refractivity contribution in [2.24, 2.45) is 0 Å². The Morgan fingerprint density at radius 2 is 0.643 bits per heavy atom. The first-order valence-electron chi connectivity index (χ1n) is 9.39. The molecule has 0 aliphatic heterocycles. The van der Waals surface area contributed by atoms with Crippen LogP contribution in [0.25, 0.3) is 0 Å². The minimum Gasteiger partial charge on any atom is -0.0674 e. The lowest BCUT2D eigenvalue weighted by Crippen LogP contribution is -2.71. The second-order valence-corrected chi connectivity index (χ2v) is 24.6. The highest BCUT2D eigenvalue weighted by atomic mass is 29.9. The summed E-state index contributed by atoms with van der Waals surface area (Å²) in [7, 11) is 2.57. The molecule has 4 aromatic carbocycles. The Morgan fingerprint density at radius 3 is 0.964 bits per heavy atom. The lowest BCUT2D eigenvalue weighted by molar-refractivity contribution is 1.75.